The van der Waals surface area contributed by atoms with Crippen LogP contribution in [0.15, 0.2) is 47.1 Å². The van der Waals surface area contributed by atoms with Crippen LogP contribution >= 0.6 is 22.6 Å². The van der Waals surface area contributed by atoms with Crippen molar-refractivity contribution in [1.29, 1.82) is 0 Å². The zero-order chi connectivity index (χ0) is 16.7. The molecule has 0 fully saturated rings. The molecular formula is C18H12INO4. The Labute approximate surface area is 152 Å². The van der Waals surface area contributed by atoms with Gasteiger partial charge in [-0.05, 0) is 71.0 Å². The predicted octanol–water partition coefficient (Wildman–Crippen LogP) is 3.67. The third kappa shape index (κ3) is 2.77. The van der Waals surface area contributed by atoms with Crippen LogP contribution in [0.2, 0.25) is 0 Å². The van der Waals surface area contributed by atoms with Gasteiger partial charge >= 0.3 is 5.97 Å². The fraction of sp³-hybridized carbons (Fsp3) is 0.111. The van der Waals surface area contributed by atoms with Gasteiger partial charge in [0.2, 0.25) is 12.7 Å². The van der Waals surface area contributed by atoms with Crippen LogP contribution in [0.5, 0.6) is 11.5 Å². The Balaban J connectivity index is 1.67. The van der Waals surface area contributed by atoms with Crippen molar-refractivity contribution in [3.8, 4) is 11.5 Å². The van der Waals surface area contributed by atoms with Gasteiger partial charge in [0.15, 0.2) is 17.2 Å². The highest BCUT2D eigenvalue weighted by Gasteiger charge is 2.24. The molecule has 0 aromatic heterocycles. The molecule has 2 heterocycles. The van der Waals surface area contributed by atoms with Crippen molar-refractivity contribution in [1.82, 2.24) is 0 Å². The first-order valence-corrected chi connectivity index (χ1v) is 8.37. The van der Waals surface area contributed by atoms with Crippen molar-refractivity contribution in [2.24, 2.45) is 4.99 Å². The lowest BCUT2D eigenvalue weighted by molar-refractivity contribution is -0.129. The highest BCUT2D eigenvalue weighted by Crippen LogP contribution is 2.33. The van der Waals surface area contributed by atoms with Gasteiger partial charge in [-0.2, -0.15) is 0 Å². The van der Waals surface area contributed by atoms with Crippen molar-refractivity contribution in [2.45, 2.75) is 6.92 Å². The summed E-state index contributed by atoms with van der Waals surface area (Å²) in [6.07, 6.45) is 1.68. The minimum atomic E-state index is -0.460. The second-order valence-electron chi connectivity index (χ2n) is 5.41. The lowest BCUT2D eigenvalue weighted by atomic mass is 10.1. The van der Waals surface area contributed by atoms with E-state index in [1.807, 2.05) is 43.3 Å². The second kappa shape index (κ2) is 5.94. The fourth-order valence-corrected chi connectivity index (χ4v) is 2.93. The van der Waals surface area contributed by atoms with Crippen LogP contribution in [-0.2, 0) is 9.53 Å². The lowest BCUT2D eigenvalue weighted by Gasteiger charge is -2.02. The summed E-state index contributed by atoms with van der Waals surface area (Å²) >= 11 is 2.25. The summed E-state index contributed by atoms with van der Waals surface area (Å²) in [5, 5.41) is 0. The molecule has 0 amide bonds. The zero-order valence-electron chi connectivity index (χ0n) is 12.7. The fourth-order valence-electron chi connectivity index (χ4n) is 2.42. The Kier molecular flexibility index (Phi) is 3.76. The van der Waals surface area contributed by atoms with Crippen molar-refractivity contribution in [2.75, 3.05) is 6.79 Å². The van der Waals surface area contributed by atoms with Crippen LogP contribution in [0.3, 0.4) is 0 Å². The van der Waals surface area contributed by atoms with Gasteiger partial charge in [0, 0.05) is 9.13 Å². The summed E-state index contributed by atoms with van der Waals surface area (Å²) in [7, 11) is 0. The molecule has 2 aromatic rings. The summed E-state index contributed by atoms with van der Waals surface area (Å²) in [6.45, 7) is 2.24. The van der Waals surface area contributed by atoms with Crippen molar-refractivity contribution in [3.05, 3.63) is 62.4 Å². The maximum Gasteiger partial charge on any atom is 0.363 e. The number of carbonyl (C=O) groups excluding carboxylic acids is 1. The molecule has 2 aliphatic rings. The highest BCUT2D eigenvalue weighted by atomic mass is 127. The quantitative estimate of drug-likeness (QED) is 0.412. The van der Waals surface area contributed by atoms with Gasteiger partial charge in [-0.15, -0.1) is 0 Å². The zero-order valence-corrected chi connectivity index (χ0v) is 14.9. The number of esters is 1. The second-order valence-corrected chi connectivity index (χ2v) is 6.57. The number of benzene rings is 2. The van der Waals surface area contributed by atoms with Crippen LogP contribution in [0.1, 0.15) is 16.7 Å². The first-order chi connectivity index (χ1) is 11.6. The van der Waals surface area contributed by atoms with E-state index < -0.39 is 5.97 Å². The molecule has 5 nitrogen and oxygen atoms in total. The number of hydrogen-bond donors (Lipinski definition) is 0. The van der Waals surface area contributed by atoms with E-state index in [1.54, 1.807) is 6.08 Å². The monoisotopic (exact) mass is 433 g/mol. The minimum Gasteiger partial charge on any atom is -0.454 e. The average Bonchev–Trinajstić information content (AvgIpc) is 3.17. The van der Waals surface area contributed by atoms with Gasteiger partial charge in [0.25, 0.3) is 0 Å². The molecule has 0 aliphatic carbocycles. The third-order valence-electron chi connectivity index (χ3n) is 3.74. The molecule has 24 heavy (non-hydrogen) atoms. The average molecular weight is 433 g/mol. The highest BCUT2D eigenvalue weighted by molar-refractivity contribution is 14.1. The van der Waals surface area contributed by atoms with E-state index in [0.717, 1.165) is 14.7 Å². The van der Waals surface area contributed by atoms with Crippen LogP contribution in [0.25, 0.3) is 6.08 Å². The molecule has 0 saturated heterocycles. The normalized spacial score (nSPS) is 17.2. The molecule has 0 bridgehead atoms. The molecule has 4 rings (SSSR count). The largest absolute Gasteiger partial charge is 0.454 e. The molecule has 120 valence electrons. The number of carbonyl (C=O) groups is 1. The first kappa shape index (κ1) is 15.2. The van der Waals surface area contributed by atoms with Gasteiger partial charge in [-0.25, -0.2) is 9.79 Å². The van der Waals surface area contributed by atoms with E-state index in [2.05, 4.69) is 27.6 Å². The van der Waals surface area contributed by atoms with E-state index >= 15 is 0 Å². The molecule has 0 N–H and O–H groups in total. The number of nitrogens with zero attached hydrogens (tertiary/aromatic N) is 1. The Morgan fingerprint density at radius 2 is 1.96 bits per heavy atom. The van der Waals surface area contributed by atoms with Crippen molar-refractivity contribution >= 4 is 40.5 Å². The van der Waals surface area contributed by atoms with Crippen LogP contribution in [0, 0.1) is 10.5 Å². The number of aliphatic imine (C=N–C) groups is 1. The number of ether oxygens (including phenoxy) is 3. The van der Waals surface area contributed by atoms with Crippen LogP contribution in [-0.4, -0.2) is 18.7 Å². The van der Waals surface area contributed by atoms with Gasteiger partial charge in [0.05, 0.1) is 0 Å². The molecule has 0 saturated carbocycles. The number of hydrogen-bond acceptors (Lipinski definition) is 5. The van der Waals surface area contributed by atoms with Crippen LogP contribution in [0.4, 0.5) is 0 Å². The maximum absolute atomic E-state index is 12.1. The van der Waals surface area contributed by atoms with E-state index in [-0.39, 0.29) is 12.5 Å². The number of aryl methyl sites for hydroxylation is 1. The molecule has 2 aliphatic heterocycles. The van der Waals surface area contributed by atoms with E-state index in [9.17, 15) is 4.79 Å². The first-order valence-electron chi connectivity index (χ1n) is 7.29. The smallest absolute Gasteiger partial charge is 0.363 e. The van der Waals surface area contributed by atoms with Crippen molar-refractivity contribution in [3.63, 3.8) is 0 Å². The summed E-state index contributed by atoms with van der Waals surface area (Å²) in [4.78, 5) is 16.4. The van der Waals surface area contributed by atoms with Crippen LogP contribution < -0.4 is 9.47 Å². The maximum atomic E-state index is 12.1. The lowest BCUT2D eigenvalue weighted by Crippen LogP contribution is -2.05. The summed E-state index contributed by atoms with van der Waals surface area (Å²) in [5.74, 6) is 1.22. The van der Waals surface area contributed by atoms with E-state index in [4.69, 9.17) is 14.2 Å². The summed E-state index contributed by atoms with van der Waals surface area (Å²) in [6, 6.07) is 11.3. The Morgan fingerprint density at radius 1 is 1.12 bits per heavy atom. The molecule has 0 radical (unpaired) electrons. The minimum absolute atomic E-state index is 0.214. The van der Waals surface area contributed by atoms with Gasteiger partial charge < -0.3 is 14.2 Å². The van der Waals surface area contributed by atoms with Gasteiger partial charge in [-0.3, -0.25) is 0 Å². The number of halogens is 1. The van der Waals surface area contributed by atoms with Crippen molar-refractivity contribution < 1.29 is 19.0 Å². The van der Waals surface area contributed by atoms with Gasteiger partial charge in [-0.1, -0.05) is 12.1 Å². The topological polar surface area (TPSA) is 57.1 Å². The molecule has 0 spiro atoms. The molecule has 2 aromatic carbocycles. The standard InChI is InChI=1S/C18H12INO4/c1-10-2-4-12(8-13(10)19)17-20-14(18(21)24-17)6-11-3-5-15-16(7-11)23-9-22-15/h2-8H,9H2,1H3. The molecule has 0 unspecified atom stereocenters. The number of cyclic esters (lactones) is 1. The Bertz CT molecular complexity index is 917. The Morgan fingerprint density at radius 3 is 2.79 bits per heavy atom. The molecular weight excluding hydrogens is 421 g/mol. The molecule has 0 atom stereocenters. The summed E-state index contributed by atoms with van der Waals surface area (Å²) in [5.41, 5.74) is 3.02. The summed E-state index contributed by atoms with van der Waals surface area (Å²) < 4.78 is 17.0. The molecule has 6 heteroatoms. The third-order valence-corrected chi connectivity index (χ3v) is 4.90. The van der Waals surface area contributed by atoms with Gasteiger partial charge in [0.1, 0.15) is 0 Å². The Hall–Kier alpha value is -2.35. The van der Waals surface area contributed by atoms with E-state index in [0.29, 0.717) is 17.4 Å². The SMILES string of the molecule is Cc1ccc(C2=NC(=Cc3ccc4c(c3)OCO4)C(=O)O2)cc1I. The number of fused-ring (bicyclic) bond motifs is 1. The van der Waals surface area contributed by atoms with E-state index in [1.165, 1.54) is 5.56 Å². The predicted molar refractivity (Wildman–Crippen MR) is 97.1 cm³/mol. The number of rotatable bonds is 2.